The SMILES string of the molecule is Cc1cc(C)n(-c2ccc(N3C[C@@H](C(=O)O)CC3=O)cc2)n1. The lowest BCUT2D eigenvalue weighted by atomic mass is 10.1. The fraction of sp³-hybridized carbons (Fsp3) is 0.312. The van der Waals surface area contributed by atoms with E-state index in [9.17, 15) is 9.59 Å². The van der Waals surface area contributed by atoms with Gasteiger partial charge in [0, 0.05) is 24.3 Å². The molecule has 0 saturated carbocycles. The van der Waals surface area contributed by atoms with Crippen molar-refractivity contribution < 1.29 is 14.7 Å². The number of aliphatic carboxylic acids is 1. The van der Waals surface area contributed by atoms with Crippen molar-refractivity contribution in [2.24, 2.45) is 5.92 Å². The normalized spacial score (nSPS) is 18.0. The fourth-order valence-corrected chi connectivity index (χ4v) is 2.79. The number of amides is 1. The Labute approximate surface area is 128 Å². The predicted molar refractivity (Wildman–Crippen MR) is 81.1 cm³/mol. The van der Waals surface area contributed by atoms with Crippen LogP contribution in [-0.4, -0.2) is 33.3 Å². The number of aryl methyl sites for hydroxylation is 2. The van der Waals surface area contributed by atoms with E-state index < -0.39 is 11.9 Å². The summed E-state index contributed by atoms with van der Waals surface area (Å²) in [7, 11) is 0. The number of carbonyl (C=O) groups is 2. The third kappa shape index (κ3) is 2.47. The molecule has 3 rings (SSSR count). The molecule has 1 fully saturated rings. The number of rotatable bonds is 3. The van der Waals surface area contributed by atoms with Crippen molar-refractivity contribution in [2.75, 3.05) is 11.4 Å². The number of nitrogens with zero attached hydrogens (tertiary/aromatic N) is 3. The van der Waals surface area contributed by atoms with E-state index in [2.05, 4.69) is 5.10 Å². The summed E-state index contributed by atoms with van der Waals surface area (Å²) in [5, 5.41) is 13.4. The number of hydrogen-bond acceptors (Lipinski definition) is 3. The minimum Gasteiger partial charge on any atom is -0.481 e. The van der Waals surface area contributed by atoms with Crippen molar-refractivity contribution in [1.82, 2.24) is 9.78 Å². The molecule has 1 aromatic carbocycles. The molecule has 1 atom stereocenters. The highest BCUT2D eigenvalue weighted by atomic mass is 16.4. The zero-order valence-corrected chi connectivity index (χ0v) is 12.5. The second kappa shape index (κ2) is 5.29. The maximum atomic E-state index is 11.9. The molecule has 6 nitrogen and oxygen atoms in total. The van der Waals surface area contributed by atoms with Crippen LogP contribution in [0, 0.1) is 19.8 Å². The van der Waals surface area contributed by atoms with Gasteiger partial charge in [-0.1, -0.05) is 0 Å². The number of anilines is 1. The van der Waals surface area contributed by atoms with Gasteiger partial charge in [0.25, 0.3) is 0 Å². The molecule has 1 amide bonds. The van der Waals surface area contributed by atoms with Crippen LogP contribution in [0.15, 0.2) is 30.3 Å². The first-order chi connectivity index (χ1) is 10.5. The average molecular weight is 299 g/mol. The summed E-state index contributed by atoms with van der Waals surface area (Å²) in [6.45, 7) is 4.15. The summed E-state index contributed by atoms with van der Waals surface area (Å²) in [4.78, 5) is 24.5. The highest BCUT2D eigenvalue weighted by Crippen LogP contribution is 2.26. The van der Waals surface area contributed by atoms with E-state index in [1.807, 2.05) is 48.9 Å². The molecule has 22 heavy (non-hydrogen) atoms. The van der Waals surface area contributed by atoms with Gasteiger partial charge in [-0.15, -0.1) is 0 Å². The molecule has 2 heterocycles. The highest BCUT2D eigenvalue weighted by molar-refractivity contribution is 5.99. The van der Waals surface area contributed by atoms with Gasteiger partial charge in [0.15, 0.2) is 0 Å². The second-order valence-corrected chi connectivity index (χ2v) is 5.60. The van der Waals surface area contributed by atoms with Crippen LogP contribution in [0.4, 0.5) is 5.69 Å². The highest BCUT2D eigenvalue weighted by Gasteiger charge is 2.34. The van der Waals surface area contributed by atoms with E-state index >= 15 is 0 Å². The van der Waals surface area contributed by atoms with Crippen molar-refractivity contribution in [2.45, 2.75) is 20.3 Å². The summed E-state index contributed by atoms with van der Waals surface area (Å²) in [6, 6.07) is 9.42. The van der Waals surface area contributed by atoms with E-state index in [0.717, 1.165) is 22.8 Å². The molecule has 1 N–H and O–H groups in total. The van der Waals surface area contributed by atoms with Crippen LogP contribution in [-0.2, 0) is 9.59 Å². The Morgan fingerprint density at radius 3 is 2.36 bits per heavy atom. The minimum atomic E-state index is -0.921. The molecule has 0 radical (unpaired) electrons. The first kappa shape index (κ1) is 14.3. The molecule has 114 valence electrons. The van der Waals surface area contributed by atoms with Gasteiger partial charge in [-0.05, 0) is 44.2 Å². The number of carbonyl (C=O) groups excluding carboxylic acids is 1. The number of aromatic nitrogens is 2. The van der Waals surface area contributed by atoms with Crippen molar-refractivity contribution in [1.29, 1.82) is 0 Å². The Balaban J connectivity index is 1.84. The van der Waals surface area contributed by atoms with Gasteiger partial charge in [0.2, 0.25) is 5.91 Å². The lowest BCUT2D eigenvalue weighted by Crippen LogP contribution is -2.25. The number of benzene rings is 1. The summed E-state index contributed by atoms with van der Waals surface area (Å²) in [5.41, 5.74) is 3.61. The first-order valence-electron chi connectivity index (χ1n) is 7.12. The zero-order chi connectivity index (χ0) is 15.9. The standard InChI is InChI=1S/C16H17N3O3/c1-10-7-11(2)19(17-10)14-5-3-13(4-6-14)18-9-12(16(21)22)8-15(18)20/h3-7,12H,8-9H2,1-2H3,(H,21,22)/t12-/m0/s1. The summed E-state index contributed by atoms with van der Waals surface area (Å²) in [5.74, 6) is -1.69. The molecule has 0 bridgehead atoms. The van der Waals surface area contributed by atoms with Crippen LogP contribution in [0.3, 0.4) is 0 Å². The van der Waals surface area contributed by atoms with Gasteiger partial charge in [0.05, 0.1) is 17.3 Å². The Kier molecular flexibility index (Phi) is 3.44. The molecule has 1 aromatic heterocycles. The lowest BCUT2D eigenvalue weighted by Gasteiger charge is -2.16. The largest absolute Gasteiger partial charge is 0.481 e. The third-order valence-corrected chi connectivity index (χ3v) is 3.89. The Hall–Kier alpha value is -2.63. The number of hydrogen-bond donors (Lipinski definition) is 1. The Bertz CT molecular complexity index is 734. The van der Waals surface area contributed by atoms with Gasteiger partial charge in [0.1, 0.15) is 0 Å². The first-order valence-corrected chi connectivity index (χ1v) is 7.12. The molecule has 6 heteroatoms. The number of carboxylic acid groups (broad SMARTS) is 1. The summed E-state index contributed by atoms with van der Waals surface area (Å²) < 4.78 is 1.84. The van der Waals surface area contributed by atoms with E-state index in [0.29, 0.717) is 0 Å². The molecule has 0 aliphatic carbocycles. The van der Waals surface area contributed by atoms with Gasteiger partial charge < -0.3 is 10.0 Å². The van der Waals surface area contributed by atoms with Crippen molar-refractivity contribution in [3.63, 3.8) is 0 Å². The van der Waals surface area contributed by atoms with E-state index in [-0.39, 0.29) is 18.9 Å². The fourth-order valence-electron chi connectivity index (χ4n) is 2.79. The van der Waals surface area contributed by atoms with Crippen LogP contribution in [0.5, 0.6) is 0 Å². The van der Waals surface area contributed by atoms with Gasteiger partial charge in [-0.3, -0.25) is 9.59 Å². The molecule has 2 aromatic rings. The molecular formula is C16H17N3O3. The van der Waals surface area contributed by atoms with E-state index in [1.54, 1.807) is 0 Å². The third-order valence-electron chi connectivity index (χ3n) is 3.89. The second-order valence-electron chi connectivity index (χ2n) is 5.60. The van der Waals surface area contributed by atoms with Gasteiger partial charge >= 0.3 is 5.97 Å². The zero-order valence-electron chi connectivity index (χ0n) is 12.5. The summed E-state index contributed by atoms with van der Waals surface area (Å²) in [6.07, 6.45) is 0.0640. The topological polar surface area (TPSA) is 75.4 Å². The quantitative estimate of drug-likeness (QED) is 0.939. The monoisotopic (exact) mass is 299 g/mol. The predicted octanol–water partition coefficient (Wildman–Crippen LogP) is 1.93. The van der Waals surface area contributed by atoms with Crippen LogP contribution >= 0.6 is 0 Å². The summed E-state index contributed by atoms with van der Waals surface area (Å²) >= 11 is 0. The van der Waals surface area contributed by atoms with Crippen LogP contribution in [0.2, 0.25) is 0 Å². The lowest BCUT2D eigenvalue weighted by molar-refractivity contribution is -0.141. The van der Waals surface area contributed by atoms with Crippen LogP contribution < -0.4 is 4.90 Å². The molecule has 1 aliphatic rings. The smallest absolute Gasteiger partial charge is 0.308 e. The van der Waals surface area contributed by atoms with Crippen molar-refractivity contribution in [3.05, 3.63) is 41.7 Å². The van der Waals surface area contributed by atoms with Crippen LogP contribution in [0.25, 0.3) is 5.69 Å². The van der Waals surface area contributed by atoms with Crippen molar-refractivity contribution >= 4 is 17.6 Å². The maximum absolute atomic E-state index is 11.9. The van der Waals surface area contributed by atoms with E-state index in [4.69, 9.17) is 5.11 Å². The van der Waals surface area contributed by atoms with E-state index in [1.165, 1.54) is 4.90 Å². The molecule has 1 saturated heterocycles. The Morgan fingerprint density at radius 2 is 1.86 bits per heavy atom. The molecule has 0 unspecified atom stereocenters. The minimum absolute atomic E-state index is 0.0640. The van der Waals surface area contributed by atoms with Crippen molar-refractivity contribution in [3.8, 4) is 5.69 Å². The maximum Gasteiger partial charge on any atom is 0.308 e. The molecular weight excluding hydrogens is 282 g/mol. The molecule has 1 aliphatic heterocycles. The average Bonchev–Trinajstić information content (AvgIpc) is 3.02. The molecule has 0 spiro atoms. The number of carboxylic acids is 1. The van der Waals surface area contributed by atoms with Gasteiger partial charge in [-0.25, -0.2) is 4.68 Å². The Morgan fingerprint density at radius 1 is 1.23 bits per heavy atom. The van der Waals surface area contributed by atoms with Crippen LogP contribution in [0.1, 0.15) is 17.8 Å². The van der Waals surface area contributed by atoms with Gasteiger partial charge in [-0.2, -0.15) is 5.10 Å².